The van der Waals surface area contributed by atoms with Crippen LogP contribution in [0.4, 0.5) is 0 Å². The molecule has 1 aliphatic carbocycles. The maximum absolute atomic E-state index is 5.87. The van der Waals surface area contributed by atoms with Gasteiger partial charge in [-0.1, -0.05) is 26.2 Å². The van der Waals surface area contributed by atoms with Crippen molar-refractivity contribution in [2.75, 3.05) is 0 Å². The number of oxazole rings is 1. The Morgan fingerprint density at radius 1 is 1.50 bits per heavy atom. The number of hydrogen-bond donors (Lipinski definition) is 2. The predicted molar refractivity (Wildman–Crippen MR) is 71.2 cm³/mol. The molecule has 5 nitrogen and oxygen atoms in total. The van der Waals surface area contributed by atoms with Crippen LogP contribution in [0.15, 0.2) is 15.6 Å². The second kappa shape index (κ2) is 6.42. The molecule has 1 saturated carbocycles. The van der Waals surface area contributed by atoms with Crippen molar-refractivity contribution >= 4 is 5.96 Å². The first-order chi connectivity index (χ1) is 8.78. The molecule has 0 saturated heterocycles. The van der Waals surface area contributed by atoms with E-state index in [0.717, 1.165) is 18.1 Å². The molecule has 0 bridgehead atoms. The molecule has 1 aromatic heterocycles. The summed E-state index contributed by atoms with van der Waals surface area (Å²) < 4.78 is 5.47. The van der Waals surface area contributed by atoms with Gasteiger partial charge in [-0.3, -0.25) is 0 Å². The van der Waals surface area contributed by atoms with Gasteiger partial charge in [-0.05, 0) is 12.8 Å². The average molecular weight is 250 g/mol. The minimum atomic E-state index is 0.457. The second-order valence-electron chi connectivity index (χ2n) is 4.75. The zero-order chi connectivity index (χ0) is 12.8. The molecular formula is C13H22N4O. The zero-order valence-corrected chi connectivity index (χ0v) is 11.0. The molecule has 18 heavy (non-hydrogen) atoms. The minimum absolute atomic E-state index is 0.457. The van der Waals surface area contributed by atoms with E-state index in [1.165, 1.54) is 32.1 Å². The Kier molecular flexibility index (Phi) is 4.61. The van der Waals surface area contributed by atoms with Crippen LogP contribution < -0.4 is 11.1 Å². The first-order valence-electron chi connectivity index (χ1n) is 6.78. The summed E-state index contributed by atoms with van der Waals surface area (Å²) in [7, 11) is 0. The van der Waals surface area contributed by atoms with Gasteiger partial charge in [-0.2, -0.15) is 0 Å². The van der Waals surface area contributed by atoms with E-state index in [4.69, 9.17) is 10.2 Å². The third kappa shape index (κ3) is 3.75. The maximum atomic E-state index is 5.87. The molecule has 0 spiro atoms. The van der Waals surface area contributed by atoms with Crippen LogP contribution in [0.3, 0.4) is 0 Å². The van der Waals surface area contributed by atoms with Crippen molar-refractivity contribution in [3.05, 3.63) is 17.8 Å². The van der Waals surface area contributed by atoms with E-state index >= 15 is 0 Å². The van der Waals surface area contributed by atoms with Crippen LogP contribution in [0.2, 0.25) is 0 Å². The summed E-state index contributed by atoms with van der Waals surface area (Å²) >= 11 is 0. The van der Waals surface area contributed by atoms with E-state index in [-0.39, 0.29) is 0 Å². The summed E-state index contributed by atoms with van der Waals surface area (Å²) in [5.41, 5.74) is 5.87. The SMILES string of the molecule is CCc1ncc(CN=C(N)NC2CCCCC2)o1. The molecule has 0 atom stereocenters. The van der Waals surface area contributed by atoms with Crippen LogP contribution in [0.5, 0.6) is 0 Å². The highest BCUT2D eigenvalue weighted by Gasteiger charge is 2.13. The van der Waals surface area contributed by atoms with Crippen molar-refractivity contribution < 1.29 is 4.42 Å². The summed E-state index contributed by atoms with van der Waals surface area (Å²) in [6.45, 7) is 2.47. The molecule has 3 N–H and O–H groups in total. The Hall–Kier alpha value is -1.52. The van der Waals surface area contributed by atoms with Gasteiger partial charge in [0.25, 0.3) is 0 Å². The number of guanidine groups is 1. The molecule has 0 amide bonds. The third-order valence-corrected chi connectivity index (χ3v) is 3.27. The van der Waals surface area contributed by atoms with Crippen LogP contribution in [0.1, 0.15) is 50.7 Å². The van der Waals surface area contributed by atoms with Gasteiger partial charge < -0.3 is 15.5 Å². The van der Waals surface area contributed by atoms with Gasteiger partial charge in [0.05, 0.1) is 6.20 Å². The number of nitrogens with zero attached hydrogens (tertiary/aromatic N) is 2. The Balaban J connectivity index is 1.80. The molecule has 1 aromatic rings. The molecule has 1 fully saturated rings. The fourth-order valence-corrected chi connectivity index (χ4v) is 2.25. The number of nitrogens with one attached hydrogen (secondary N) is 1. The summed E-state index contributed by atoms with van der Waals surface area (Å²) in [6.07, 6.45) is 8.82. The van der Waals surface area contributed by atoms with Crippen LogP contribution in [-0.2, 0) is 13.0 Å². The lowest BCUT2D eigenvalue weighted by molar-refractivity contribution is 0.411. The van der Waals surface area contributed by atoms with Crippen LogP contribution in [-0.4, -0.2) is 17.0 Å². The number of aromatic nitrogens is 1. The standard InChI is InChI=1S/C13H22N4O/c1-2-12-15-8-11(18-12)9-16-13(14)17-10-6-4-3-5-7-10/h8,10H,2-7,9H2,1H3,(H3,14,16,17). The highest BCUT2D eigenvalue weighted by atomic mass is 16.4. The first kappa shape index (κ1) is 12.9. The van der Waals surface area contributed by atoms with Gasteiger partial charge in [0.1, 0.15) is 12.3 Å². The largest absolute Gasteiger partial charge is 0.444 e. The van der Waals surface area contributed by atoms with Gasteiger partial charge in [-0.25, -0.2) is 9.98 Å². The van der Waals surface area contributed by atoms with Crippen LogP contribution in [0, 0.1) is 0 Å². The minimum Gasteiger partial charge on any atom is -0.444 e. The smallest absolute Gasteiger partial charge is 0.194 e. The molecule has 0 aliphatic heterocycles. The molecule has 0 aromatic carbocycles. The van der Waals surface area contributed by atoms with Gasteiger partial charge in [0.2, 0.25) is 0 Å². The van der Waals surface area contributed by atoms with E-state index in [1.807, 2.05) is 6.92 Å². The highest BCUT2D eigenvalue weighted by Crippen LogP contribution is 2.17. The van der Waals surface area contributed by atoms with Crippen molar-refractivity contribution in [3.8, 4) is 0 Å². The molecular weight excluding hydrogens is 228 g/mol. The lowest BCUT2D eigenvalue weighted by atomic mass is 9.96. The van der Waals surface area contributed by atoms with Gasteiger partial charge in [0.15, 0.2) is 11.9 Å². The monoisotopic (exact) mass is 250 g/mol. The van der Waals surface area contributed by atoms with E-state index in [1.54, 1.807) is 6.20 Å². The average Bonchev–Trinajstić information content (AvgIpc) is 2.85. The number of rotatable bonds is 4. The number of aliphatic imine (C=N–C) groups is 1. The molecule has 1 aliphatic rings. The fourth-order valence-electron chi connectivity index (χ4n) is 2.25. The maximum Gasteiger partial charge on any atom is 0.194 e. The Labute approximate surface area is 108 Å². The van der Waals surface area contributed by atoms with Crippen molar-refractivity contribution in [1.29, 1.82) is 0 Å². The summed E-state index contributed by atoms with van der Waals surface area (Å²) in [5.74, 6) is 2.02. The lowest BCUT2D eigenvalue weighted by Crippen LogP contribution is -2.41. The normalized spacial score (nSPS) is 17.9. The summed E-state index contributed by atoms with van der Waals surface area (Å²) in [6, 6.07) is 0.489. The van der Waals surface area contributed by atoms with E-state index in [9.17, 15) is 0 Å². The van der Waals surface area contributed by atoms with Crippen LogP contribution in [0.25, 0.3) is 0 Å². The Morgan fingerprint density at radius 2 is 2.28 bits per heavy atom. The number of aryl methyl sites for hydroxylation is 1. The van der Waals surface area contributed by atoms with Crippen LogP contribution >= 0.6 is 0 Å². The van der Waals surface area contributed by atoms with Crippen molar-refractivity contribution in [1.82, 2.24) is 10.3 Å². The Morgan fingerprint density at radius 3 is 2.94 bits per heavy atom. The van der Waals surface area contributed by atoms with Crippen molar-refractivity contribution in [2.24, 2.45) is 10.7 Å². The number of hydrogen-bond acceptors (Lipinski definition) is 3. The first-order valence-corrected chi connectivity index (χ1v) is 6.78. The highest BCUT2D eigenvalue weighted by molar-refractivity contribution is 5.78. The molecule has 0 unspecified atom stereocenters. The van der Waals surface area contributed by atoms with E-state index in [0.29, 0.717) is 18.5 Å². The van der Waals surface area contributed by atoms with Crippen molar-refractivity contribution in [2.45, 2.75) is 58.0 Å². The summed E-state index contributed by atoms with van der Waals surface area (Å²) in [4.78, 5) is 8.42. The van der Waals surface area contributed by atoms with Gasteiger partial charge in [0, 0.05) is 12.5 Å². The molecule has 0 radical (unpaired) electrons. The predicted octanol–water partition coefficient (Wildman–Crippen LogP) is 1.97. The fraction of sp³-hybridized carbons (Fsp3) is 0.692. The molecule has 1 heterocycles. The van der Waals surface area contributed by atoms with Gasteiger partial charge >= 0.3 is 0 Å². The Bertz CT molecular complexity index is 393. The zero-order valence-electron chi connectivity index (χ0n) is 11.0. The number of nitrogens with two attached hydrogens (primary N) is 1. The lowest BCUT2D eigenvalue weighted by Gasteiger charge is -2.23. The molecule has 2 rings (SSSR count). The third-order valence-electron chi connectivity index (χ3n) is 3.27. The quantitative estimate of drug-likeness (QED) is 0.632. The summed E-state index contributed by atoms with van der Waals surface area (Å²) in [5, 5.41) is 3.28. The van der Waals surface area contributed by atoms with Gasteiger partial charge in [-0.15, -0.1) is 0 Å². The van der Waals surface area contributed by atoms with E-state index in [2.05, 4.69) is 15.3 Å². The second-order valence-corrected chi connectivity index (χ2v) is 4.75. The molecule has 5 heteroatoms. The molecule has 100 valence electrons. The topological polar surface area (TPSA) is 76.4 Å². The van der Waals surface area contributed by atoms with Crippen molar-refractivity contribution in [3.63, 3.8) is 0 Å². The van der Waals surface area contributed by atoms with E-state index < -0.39 is 0 Å².